The average Bonchev–Trinajstić information content (AvgIpc) is 2.45. The Morgan fingerprint density at radius 3 is 2.59 bits per heavy atom. The summed E-state index contributed by atoms with van der Waals surface area (Å²) >= 11 is 0. The molecule has 1 atom stereocenters. The predicted octanol–water partition coefficient (Wildman–Crippen LogP) is 3.08. The Labute approximate surface area is 135 Å². The maximum Gasteiger partial charge on any atom is 0.119 e. The predicted molar refractivity (Wildman–Crippen MR) is 90.3 cm³/mol. The smallest absolute Gasteiger partial charge is 0.119 e. The summed E-state index contributed by atoms with van der Waals surface area (Å²) in [4.78, 5) is 2.26. The first-order valence-electron chi connectivity index (χ1n) is 8.01. The largest absolute Gasteiger partial charge is 0.497 e. The quantitative estimate of drug-likeness (QED) is 0.761. The van der Waals surface area contributed by atoms with Crippen molar-refractivity contribution in [1.82, 2.24) is 4.90 Å². The number of nitrogens with zero attached hydrogens (tertiary/aromatic N) is 1. The number of methoxy groups -OCH3 is 1. The molecule has 0 heterocycles. The van der Waals surface area contributed by atoms with E-state index in [1.165, 1.54) is 5.56 Å². The van der Waals surface area contributed by atoms with Gasteiger partial charge in [0.05, 0.1) is 25.4 Å². The van der Waals surface area contributed by atoms with Crippen LogP contribution in [0, 0.1) is 0 Å². The van der Waals surface area contributed by atoms with Gasteiger partial charge in [0.25, 0.3) is 0 Å². The summed E-state index contributed by atoms with van der Waals surface area (Å²) in [5.41, 5.74) is 0.973. The van der Waals surface area contributed by atoms with E-state index in [2.05, 4.69) is 17.9 Å². The highest BCUT2D eigenvalue weighted by Gasteiger charge is 2.16. The van der Waals surface area contributed by atoms with Crippen LogP contribution in [0.5, 0.6) is 5.75 Å². The van der Waals surface area contributed by atoms with Gasteiger partial charge in [0, 0.05) is 13.1 Å². The highest BCUT2D eigenvalue weighted by Crippen LogP contribution is 2.15. The van der Waals surface area contributed by atoms with Gasteiger partial charge in [-0.1, -0.05) is 19.1 Å². The maximum atomic E-state index is 10.2. The van der Waals surface area contributed by atoms with Crippen molar-refractivity contribution in [2.24, 2.45) is 0 Å². The first-order chi connectivity index (χ1) is 10.3. The molecule has 4 nitrogen and oxygen atoms in total. The molecule has 0 radical (unpaired) electrons. The summed E-state index contributed by atoms with van der Waals surface area (Å²) < 4.78 is 10.9. The zero-order valence-corrected chi connectivity index (χ0v) is 14.6. The third-order valence-electron chi connectivity index (χ3n) is 3.26. The van der Waals surface area contributed by atoms with Crippen LogP contribution >= 0.6 is 0 Å². The third-order valence-corrected chi connectivity index (χ3v) is 3.26. The van der Waals surface area contributed by atoms with E-state index in [9.17, 15) is 5.11 Å². The zero-order valence-electron chi connectivity index (χ0n) is 14.6. The normalized spacial score (nSPS) is 13.4. The molecule has 0 amide bonds. The molecule has 1 rings (SSSR count). The SMILES string of the molecule is CCCN(Cc1cccc(OC)c1)CC(O)COC(C)(C)C. The fourth-order valence-electron chi connectivity index (χ4n) is 2.28. The molecule has 1 aromatic rings. The molecule has 0 aliphatic heterocycles. The van der Waals surface area contributed by atoms with Gasteiger partial charge in [-0.3, -0.25) is 4.90 Å². The summed E-state index contributed by atoms with van der Waals surface area (Å²) in [6.07, 6.45) is 0.577. The molecule has 0 spiro atoms. The lowest BCUT2D eigenvalue weighted by molar-refractivity contribution is -0.0566. The molecular weight excluding hydrogens is 278 g/mol. The van der Waals surface area contributed by atoms with Crippen LogP contribution in [-0.4, -0.2) is 48.5 Å². The molecule has 0 saturated heterocycles. The van der Waals surface area contributed by atoms with Crippen molar-refractivity contribution in [1.29, 1.82) is 0 Å². The van der Waals surface area contributed by atoms with Crippen molar-refractivity contribution in [2.45, 2.75) is 52.4 Å². The number of rotatable bonds is 9. The van der Waals surface area contributed by atoms with Gasteiger partial charge in [-0.05, 0) is 51.4 Å². The van der Waals surface area contributed by atoms with Crippen molar-refractivity contribution in [2.75, 3.05) is 26.8 Å². The number of aliphatic hydroxyl groups is 1. The monoisotopic (exact) mass is 309 g/mol. The zero-order chi connectivity index (χ0) is 16.6. The standard InChI is InChI=1S/C18H31NO3/c1-6-10-19(13-16(20)14-22-18(2,3)4)12-15-8-7-9-17(11-15)21-5/h7-9,11,16,20H,6,10,12-14H2,1-5H3. The van der Waals surface area contributed by atoms with Crippen LogP contribution in [0.4, 0.5) is 0 Å². The molecule has 0 aliphatic carbocycles. The summed E-state index contributed by atoms with van der Waals surface area (Å²) in [6, 6.07) is 8.07. The molecule has 0 fully saturated rings. The van der Waals surface area contributed by atoms with Crippen LogP contribution in [0.25, 0.3) is 0 Å². The summed E-state index contributed by atoms with van der Waals surface area (Å²) in [7, 11) is 1.68. The van der Waals surface area contributed by atoms with Gasteiger partial charge < -0.3 is 14.6 Å². The molecule has 0 aromatic heterocycles. The average molecular weight is 309 g/mol. The minimum absolute atomic E-state index is 0.219. The Bertz CT molecular complexity index is 429. The van der Waals surface area contributed by atoms with Gasteiger partial charge in [0.2, 0.25) is 0 Å². The lowest BCUT2D eigenvalue weighted by Crippen LogP contribution is -2.37. The maximum absolute atomic E-state index is 10.2. The summed E-state index contributed by atoms with van der Waals surface area (Å²) in [6.45, 7) is 10.9. The van der Waals surface area contributed by atoms with Crippen LogP contribution in [0.15, 0.2) is 24.3 Å². The van der Waals surface area contributed by atoms with E-state index in [4.69, 9.17) is 9.47 Å². The van der Waals surface area contributed by atoms with Crippen LogP contribution < -0.4 is 4.74 Å². The number of aliphatic hydroxyl groups excluding tert-OH is 1. The van der Waals surface area contributed by atoms with Gasteiger partial charge in [-0.25, -0.2) is 0 Å². The van der Waals surface area contributed by atoms with Crippen LogP contribution in [-0.2, 0) is 11.3 Å². The van der Waals surface area contributed by atoms with E-state index < -0.39 is 6.10 Å². The Kier molecular flexibility index (Phi) is 7.87. The summed E-state index contributed by atoms with van der Waals surface area (Å²) in [5.74, 6) is 0.866. The fraction of sp³-hybridized carbons (Fsp3) is 0.667. The van der Waals surface area contributed by atoms with E-state index in [1.54, 1.807) is 7.11 Å². The summed E-state index contributed by atoms with van der Waals surface area (Å²) in [5, 5.41) is 10.2. The van der Waals surface area contributed by atoms with E-state index in [0.717, 1.165) is 25.3 Å². The molecule has 0 aliphatic rings. The molecule has 1 N–H and O–H groups in total. The van der Waals surface area contributed by atoms with E-state index in [-0.39, 0.29) is 5.60 Å². The Morgan fingerprint density at radius 2 is 2.00 bits per heavy atom. The van der Waals surface area contributed by atoms with Crippen molar-refractivity contribution >= 4 is 0 Å². The number of ether oxygens (including phenoxy) is 2. The number of hydrogen-bond acceptors (Lipinski definition) is 4. The highest BCUT2D eigenvalue weighted by molar-refractivity contribution is 5.28. The van der Waals surface area contributed by atoms with Crippen LogP contribution in [0.2, 0.25) is 0 Å². The van der Waals surface area contributed by atoms with Gasteiger partial charge in [0.15, 0.2) is 0 Å². The molecule has 4 heteroatoms. The van der Waals surface area contributed by atoms with Gasteiger partial charge in [-0.15, -0.1) is 0 Å². The lowest BCUT2D eigenvalue weighted by Gasteiger charge is -2.27. The first-order valence-corrected chi connectivity index (χ1v) is 8.01. The Hall–Kier alpha value is -1.10. The highest BCUT2D eigenvalue weighted by atomic mass is 16.5. The van der Waals surface area contributed by atoms with Crippen molar-refractivity contribution in [3.8, 4) is 5.75 Å². The molecule has 126 valence electrons. The van der Waals surface area contributed by atoms with Gasteiger partial charge in [-0.2, -0.15) is 0 Å². The molecule has 0 saturated carbocycles. The molecule has 1 aromatic carbocycles. The minimum atomic E-state index is -0.476. The first kappa shape index (κ1) is 18.9. The Balaban J connectivity index is 2.57. The van der Waals surface area contributed by atoms with Crippen molar-refractivity contribution in [3.05, 3.63) is 29.8 Å². The molecule has 0 bridgehead atoms. The third kappa shape index (κ3) is 7.78. The molecule has 1 unspecified atom stereocenters. The van der Waals surface area contributed by atoms with E-state index in [0.29, 0.717) is 13.2 Å². The van der Waals surface area contributed by atoms with Crippen molar-refractivity contribution < 1.29 is 14.6 Å². The van der Waals surface area contributed by atoms with Gasteiger partial charge >= 0.3 is 0 Å². The Morgan fingerprint density at radius 1 is 1.27 bits per heavy atom. The fourth-order valence-corrected chi connectivity index (χ4v) is 2.28. The topological polar surface area (TPSA) is 41.9 Å². The van der Waals surface area contributed by atoms with Gasteiger partial charge in [0.1, 0.15) is 5.75 Å². The lowest BCUT2D eigenvalue weighted by atomic mass is 10.1. The van der Waals surface area contributed by atoms with Crippen LogP contribution in [0.1, 0.15) is 39.7 Å². The molecule has 22 heavy (non-hydrogen) atoms. The second-order valence-electron chi connectivity index (χ2n) is 6.66. The van der Waals surface area contributed by atoms with Crippen molar-refractivity contribution in [3.63, 3.8) is 0 Å². The second kappa shape index (κ2) is 9.13. The van der Waals surface area contributed by atoms with Crippen LogP contribution in [0.3, 0.4) is 0 Å². The number of hydrogen-bond donors (Lipinski definition) is 1. The molecular formula is C18H31NO3. The minimum Gasteiger partial charge on any atom is -0.497 e. The second-order valence-corrected chi connectivity index (χ2v) is 6.66. The van der Waals surface area contributed by atoms with E-state index >= 15 is 0 Å². The van der Waals surface area contributed by atoms with E-state index in [1.807, 2.05) is 39.0 Å². The number of benzene rings is 1.